The van der Waals surface area contributed by atoms with Crippen LogP contribution in [0, 0.1) is 0 Å². The van der Waals surface area contributed by atoms with Crippen molar-refractivity contribution in [2.45, 2.75) is 30.9 Å². The smallest absolute Gasteiger partial charge is 0.172 e. The van der Waals surface area contributed by atoms with Crippen molar-refractivity contribution in [3.05, 3.63) is 23.8 Å². The second-order valence-electron chi connectivity index (χ2n) is 4.34. The molecule has 1 saturated carbocycles. The number of carbonyl (C=O) groups is 1. The summed E-state index contributed by atoms with van der Waals surface area (Å²) >= 11 is 1.70. The molecule has 3 nitrogen and oxygen atoms in total. The lowest BCUT2D eigenvalue weighted by Crippen LogP contribution is -2.06. The van der Waals surface area contributed by atoms with Crippen LogP contribution in [0.5, 0.6) is 11.5 Å². The van der Waals surface area contributed by atoms with Crippen LogP contribution in [0.2, 0.25) is 0 Å². The molecule has 1 aromatic rings. The second-order valence-corrected chi connectivity index (χ2v) is 5.63. The number of hydrogen-bond acceptors (Lipinski definition) is 4. The summed E-state index contributed by atoms with van der Waals surface area (Å²) in [4.78, 5) is 11.9. The predicted octanol–water partition coefficient (Wildman–Crippen LogP) is 2.96. The molecule has 0 heterocycles. The minimum Gasteiger partial charge on any atom is -0.504 e. The van der Waals surface area contributed by atoms with Gasteiger partial charge in [-0.1, -0.05) is 12.8 Å². The minimum absolute atomic E-state index is 0.0113. The van der Waals surface area contributed by atoms with E-state index in [0.717, 1.165) is 0 Å². The largest absolute Gasteiger partial charge is 0.504 e. The Morgan fingerprint density at radius 1 is 1.24 bits per heavy atom. The Kier molecular flexibility index (Phi) is 3.94. The number of aromatic hydroxyl groups is 2. The Hall–Kier alpha value is -1.16. The summed E-state index contributed by atoms with van der Waals surface area (Å²) in [5, 5.41) is 19.1. The van der Waals surface area contributed by atoms with Crippen molar-refractivity contribution in [1.82, 2.24) is 0 Å². The van der Waals surface area contributed by atoms with Crippen LogP contribution < -0.4 is 0 Å². The molecular formula is C13H16O3S. The number of phenolic OH excluding ortho intramolecular Hbond substituents is 2. The molecule has 1 aliphatic rings. The second kappa shape index (κ2) is 5.45. The standard InChI is InChI=1S/C13H16O3S/c14-11-6-5-9(7-12(11)15)13(16)8-17-10-3-1-2-4-10/h5-7,10,14-15H,1-4,8H2. The third-order valence-corrected chi connectivity index (χ3v) is 4.42. The molecule has 2 rings (SSSR count). The van der Waals surface area contributed by atoms with Crippen molar-refractivity contribution in [2.75, 3.05) is 5.75 Å². The molecule has 2 N–H and O–H groups in total. The lowest BCUT2D eigenvalue weighted by molar-refractivity contribution is 0.102. The Balaban J connectivity index is 1.92. The first-order valence-corrected chi connectivity index (χ1v) is 6.88. The fraction of sp³-hybridized carbons (Fsp3) is 0.462. The van der Waals surface area contributed by atoms with E-state index in [2.05, 4.69) is 0 Å². The quantitative estimate of drug-likeness (QED) is 0.639. The van der Waals surface area contributed by atoms with Gasteiger partial charge in [-0.2, -0.15) is 11.8 Å². The van der Waals surface area contributed by atoms with Gasteiger partial charge in [0.15, 0.2) is 17.3 Å². The van der Waals surface area contributed by atoms with E-state index in [4.69, 9.17) is 5.11 Å². The zero-order valence-corrected chi connectivity index (χ0v) is 10.4. The van der Waals surface area contributed by atoms with Crippen molar-refractivity contribution in [3.8, 4) is 11.5 Å². The van der Waals surface area contributed by atoms with Gasteiger partial charge < -0.3 is 10.2 Å². The van der Waals surface area contributed by atoms with Gasteiger partial charge in [-0.3, -0.25) is 4.79 Å². The number of thioether (sulfide) groups is 1. The van der Waals surface area contributed by atoms with Crippen LogP contribution in [0.25, 0.3) is 0 Å². The van der Waals surface area contributed by atoms with Gasteiger partial charge in [0.1, 0.15) is 0 Å². The molecule has 0 bridgehead atoms. The molecule has 92 valence electrons. The highest BCUT2D eigenvalue weighted by Crippen LogP contribution is 2.30. The maximum atomic E-state index is 11.9. The number of Topliss-reactive ketones (excluding diaryl/α,β-unsaturated/α-hetero) is 1. The van der Waals surface area contributed by atoms with Gasteiger partial charge in [0.25, 0.3) is 0 Å². The zero-order chi connectivity index (χ0) is 12.3. The molecule has 4 heteroatoms. The summed E-state index contributed by atoms with van der Waals surface area (Å²) in [6.07, 6.45) is 4.95. The van der Waals surface area contributed by atoms with Gasteiger partial charge in [0, 0.05) is 10.8 Å². The molecule has 0 aromatic heterocycles. The molecule has 0 atom stereocenters. The maximum absolute atomic E-state index is 11.9. The van der Waals surface area contributed by atoms with Crippen LogP contribution in [-0.2, 0) is 0 Å². The number of hydrogen-bond donors (Lipinski definition) is 2. The Morgan fingerprint density at radius 2 is 1.94 bits per heavy atom. The van der Waals surface area contributed by atoms with Crippen molar-refractivity contribution >= 4 is 17.5 Å². The molecule has 0 spiro atoms. The first-order valence-electron chi connectivity index (χ1n) is 5.83. The lowest BCUT2D eigenvalue weighted by atomic mass is 10.1. The van der Waals surface area contributed by atoms with Gasteiger partial charge in [-0.15, -0.1) is 0 Å². The molecule has 0 saturated heterocycles. The Bertz CT molecular complexity index is 411. The molecule has 0 radical (unpaired) electrons. The topological polar surface area (TPSA) is 57.5 Å². The SMILES string of the molecule is O=C(CSC1CCCC1)c1ccc(O)c(O)c1. The Morgan fingerprint density at radius 3 is 2.59 bits per heavy atom. The molecule has 1 aromatic carbocycles. The van der Waals surface area contributed by atoms with E-state index in [-0.39, 0.29) is 17.3 Å². The average molecular weight is 252 g/mol. The maximum Gasteiger partial charge on any atom is 0.172 e. The minimum atomic E-state index is -0.235. The first-order chi connectivity index (χ1) is 8.16. The van der Waals surface area contributed by atoms with Crippen LogP contribution in [0.15, 0.2) is 18.2 Å². The van der Waals surface area contributed by atoms with Crippen LogP contribution >= 0.6 is 11.8 Å². The number of ketones is 1. The van der Waals surface area contributed by atoms with Gasteiger partial charge in [0.05, 0.1) is 5.75 Å². The van der Waals surface area contributed by atoms with E-state index in [1.165, 1.54) is 37.8 Å². The van der Waals surface area contributed by atoms with E-state index in [1.54, 1.807) is 17.8 Å². The van der Waals surface area contributed by atoms with Gasteiger partial charge >= 0.3 is 0 Å². The molecule has 0 unspecified atom stereocenters. The fourth-order valence-corrected chi connectivity index (χ4v) is 3.25. The first kappa shape index (κ1) is 12.3. The van der Waals surface area contributed by atoms with Crippen molar-refractivity contribution in [1.29, 1.82) is 0 Å². The summed E-state index contributed by atoms with van der Waals surface area (Å²) in [5.74, 6) is 0.0402. The highest BCUT2D eigenvalue weighted by Gasteiger charge is 2.17. The summed E-state index contributed by atoms with van der Waals surface area (Å²) in [6.45, 7) is 0. The monoisotopic (exact) mass is 252 g/mol. The number of carbonyl (C=O) groups excluding carboxylic acids is 1. The fourth-order valence-electron chi connectivity index (χ4n) is 2.03. The number of benzene rings is 1. The highest BCUT2D eigenvalue weighted by molar-refractivity contribution is 8.00. The number of rotatable bonds is 4. The van der Waals surface area contributed by atoms with Crippen LogP contribution in [0.4, 0.5) is 0 Å². The number of phenols is 2. The molecular weight excluding hydrogens is 236 g/mol. The van der Waals surface area contributed by atoms with E-state index in [1.807, 2.05) is 0 Å². The Labute approximate surface area is 105 Å². The normalized spacial score (nSPS) is 16.2. The molecule has 1 aliphatic carbocycles. The third kappa shape index (κ3) is 3.16. The summed E-state index contributed by atoms with van der Waals surface area (Å²) < 4.78 is 0. The molecule has 0 amide bonds. The van der Waals surface area contributed by atoms with E-state index < -0.39 is 0 Å². The summed E-state index contributed by atoms with van der Waals surface area (Å²) in [5.41, 5.74) is 0.464. The van der Waals surface area contributed by atoms with Crippen LogP contribution in [0.1, 0.15) is 36.0 Å². The van der Waals surface area contributed by atoms with Gasteiger partial charge in [0.2, 0.25) is 0 Å². The van der Waals surface area contributed by atoms with E-state index in [9.17, 15) is 9.90 Å². The van der Waals surface area contributed by atoms with Gasteiger partial charge in [-0.05, 0) is 31.0 Å². The average Bonchev–Trinajstić information content (AvgIpc) is 2.82. The molecule has 17 heavy (non-hydrogen) atoms. The summed E-state index contributed by atoms with van der Waals surface area (Å²) in [6, 6.07) is 4.22. The van der Waals surface area contributed by atoms with Crippen LogP contribution in [-0.4, -0.2) is 27.0 Å². The van der Waals surface area contributed by atoms with Crippen molar-refractivity contribution in [3.63, 3.8) is 0 Å². The molecule has 1 fully saturated rings. The summed E-state index contributed by atoms with van der Waals surface area (Å²) in [7, 11) is 0. The van der Waals surface area contributed by atoms with Crippen molar-refractivity contribution < 1.29 is 15.0 Å². The van der Waals surface area contributed by atoms with Crippen LogP contribution in [0.3, 0.4) is 0 Å². The molecule has 0 aliphatic heterocycles. The van der Waals surface area contributed by atoms with Gasteiger partial charge in [-0.25, -0.2) is 0 Å². The lowest BCUT2D eigenvalue weighted by Gasteiger charge is -2.08. The zero-order valence-electron chi connectivity index (χ0n) is 9.56. The predicted molar refractivity (Wildman–Crippen MR) is 68.8 cm³/mol. The van der Waals surface area contributed by atoms with E-state index in [0.29, 0.717) is 16.6 Å². The van der Waals surface area contributed by atoms with Crippen molar-refractivity contribution in [2.24, 2.45) is 0 Å². The highest BCUT2D eigenvalue weighted by atomic mass is 32.2. The third-order valence-electron chi connectivity index (χ3n) is 3.05. The van der Waals surface area contributed by atoms with E-state index >= 15 is 0 Å².